The van der Waals surface area contributed by atoms with Crippen LogP contribution in [-0.4, -0.2) is 22.4 Å². The number of methoxy groups -OCH3 is 1. The summed E-state index contributed by atoms with van der Waals surface area (Å²) in [7, 11) is 1.60. The largest absolute Gasteiger partial charge is 0.497 e. The molecule has 0 aliphatic carbocycles. The molecule has 23 heavy (non-hydrogen) atoms. The molecule has 0 aliphatic heterocycles. The van der Waals surface area contributed by atoms with Crippen LogP contribution in [0.4, 0.5) is 5.69 Å². The highest BCUT2D eigenvalue weighted by Crippen LogP contribution is 2.20. The molecule has 0 unspecified atom stereocenters. The monoisotopic (exact) mass is 309 g/mol. The molecule has 0 radical (unpaired) electrons. The quantitative estimate of drug-likeness (QED) is 0.803. The Morgan fingerprint density at radius 2 is 2.13 bits per heavy atom. The Hall–Kier alpha value is -2.82. The highest BCUT2D eigenvalue weighted by atomic mass is 16.5. The highest BCUT2D eigenvalue weighted by Gasteiger charge is 2.18. The molecule has 3 aromatic rings. The van der Waals surface area contributed by atoms with Crippen LogP contribution in [0.25, 0.3) is 5.65 Å². The van der Waals surface area contributed by atoms with E-state index in [-0.39, 0.29) is 5.91 Å². The van der Waals surface area contributed by atoms with Gasteiger partial charge in [-0.3, -0.25) is 9.20 Å². The molecule has 2 heterocycles. The Morgan fingerprint density at radius 1 is 1.30 bits per heavy atom. The number of hydrogen-bond donors (Lipinski definition) is 1. The lowest BCUT2D eigenvalue weighted by Crippen LogP contribution is -2.16. The lowest BCUT2D eigenvalue weighted by Gasteiger charge is -2.08. The number of fused-ring (bicyclic) bond motifs is 1. The Bertz CT molecular complexity index is 868. The second-order valence-electron chi connectivity index (χ2n) is 5.38. The van der Waals surface area contributed by atoms with E-state index in [9.17, 15) is 4.79 Å². The molecule has 0 saturated heterocycles. The summed E-state index contributed by atoms with van der Waals surface area (Å²) in [5.74, 6) is 0.527. The smallest absolute Gasteiger partial charge is 0.274 e. The number of anilines is 1. The van der Waals surface area contributed by atoms with Gasteiger partial charge in [0, 0.05) is 18.0 Å². The highest BCUT2D eigenvalue weighted by molar-refractivity contribution is 6.04. The Labute approximate surface area is 134 Å². The van der Waals surface area contributed by atoms with E-state index in [1.54, 1.807) is 13.2 Å². The summed E-state index contributed by atoms with van der Waals surface area (Å²) < 4.78 is 7.02. The third-order valence-corrected chi connectivity index (χ3v) is 3.73. The van der Waals surface area contributed by atoms with Gasteiger partial charge in [-0.1, -0.05) is 13.0 Å². The fourth-order valence-electron chi connectivity index (χ4n) is 2.57. The lowest BCUT2D eigenvalue weighted by atomic mass is 10.2. The van der Waals surface area contributed by atoms with Gasteiger partial charge in [0.05, 0.1) is 12.8 Å². The maximum atomic E-state index is 12.7. The van der Waals surface area contributed by atoms with Crippen molar-refractivity contribution in [1.29, 1.82) is 0 Å². The Morgan fingerprint density at radius 3 is 2.87 bits per heavy atom. The summed E-state index contributed by atoms with van der Waals surface area (Å²) in [6, 6.07) is 11.2. The summed E-state index contributed by atoms with van der Waals surface area (Å²) in [5, 5.41) is 2.92. The molecular weight excluding hydrogens is 290 g/mol. The predicted molar refractivity (Wildman–Crippen MR) is 90.3 cm³/mol. The normalized spacial score (nSPS) is 10.7. The maximum Gasteiger partial charge on any atom is 0.274 e. The predicted octanol–water partition coefficient (Wildman–Crippen LogP) is 3.47. The van der Waals surface area contributed by atoms with Crippen LogP contribution in [0.3, 0.4) is 0 Å². The van der Waals surface area contributed by atoms with Gasteiger partial charge >= 0.3 is 0 Å². The van der Waals surface area contributed by atoms with Gasteiger partial charge in [-0.05, 0) is 43.2 Å². The number of benzene rings is 1. The average molecular weight is 309 g/mol. The van der Waals surface area contributed by atoms with Crippen LogP contribution in [0, 0.1) is 6.92 Å². The third-order valence-electron chi connectivity index (χ3n) is 3.73. The van der Waals surface area contributed by atoms with Crippen molar-refractivity contribution < 1.29 is 9.53 Å². The molecule has 3 rings (SSSR count). The van der Waals surface area contributed by atoms with E-state index in [4.69, 9.17) is 4.74 Å². The van der Waals surface area contributed by atoms with Crippen molar-refractivity contribution in [2.45, 2.75) is 20.3 Å². The molecule has 5 nitrogen and oxygen atoms in total. The van der Waals surface area contributed by atoms with Crippen molar-refractivity contribution in [1.82, 2.24) is 9.38 Å². The second kappa shape index (κ2) is 6.12. The van der Waals surface area contributed by atoms with Crippen molar-refractivity contribution in [3.8, 4) is 5.75 Å². The molecular formula is C18H19N3O2. The van der Waals surface area contributed by atoms with E-state index in [1.807, 2.05) is 54.8 Å². The number of amides is 1. The van der Waals surface area contributed by atoms with E-state index in [2.05, 4.69) is 10.3 Å². The molecule has 2 aromatic heterocycles. The van der Waals surface area contributed by atoms with Crippen LogP contribution in [0.15, 0.2) is 42.6 Å². The van der Waals surface area contributed by atoms with Gasteiger partial charge in [-0.15, -0.1) is 0 Å². The number of rotatable bonds is 4. The first kappa shape index (κ1) is 15.1. The van der Waals surface area contributed by atoms with Crippen molar-refractivity contribution in [2.24, 2.45) is 0 Å². The van der Waals surface area contributed by atoms with Crippen molar-refractivity contribution in [2.75, 3.05) is 12.4 Å². The number of nitrogens with one attached hydrogen (secondary N) is 1. The molecule has 1 N–H and O–H groups in total. The SMILES string of the molecule is CCc1nc2cc(C)ccn2c1C(=O)Nc1cccc(OC)c1. The van der Waals surface area contributed by atoms with Gasteiger partial charge < -0.3 is 10.1 Å². The number of aromatic nitrogens is 2. The zero-order valence-corrected chi connectivity index (χ0v) is 13.5. The summed E-state index contributed by atoms with van der Waals surface area (Å²) in [4.78, 5) is 17.3. The number of hydrogen-bond acceptors (Lipinski definition) is 3. The van der Waals surface area contributed by atoms with Gasteiger partial charge in [0.2, 0.25) is 0 Å². The molecule has 0 aliphatic rings. The first-order valence-corrected chi connectivity index (χ1v) is 7.55. The molecule has 0 atom stereocenters. The van der Waals surface area contributed by atoms with E-state index < -0.39 is 0 Å². The number of carbonyl (C=O) groups excluding carboxylic acids is 1. The molecule has 1 amide bonds. The van der Waals surface area contributed by atoms with Crippen LogP contribution < -0.4 is 10.1 Å². The van der Waals surface area contributed by atoms with Crippen LogP contribution in [0.5, 0.6) is 5.75 Å². The van der Waals surface area contributed by atoms with Crippen LogP contribution in [0.2, 0.25) is 0 Å². The summed E-state index contributed by atoms with van der Waals surface area (Å²) in [6.45, 7) is 4.01. The Kier molecular flexibility index (Phi) is 4.02. The number of nitrogens with zero attached hydrogens (tertiary/aromatic N) is 2. The fourth-order valence-corrected chi connectivity index (χ4v) is 2.57. The van der Waals surface area contributed by atoms with Crippen LogP contribution in [-0.2, 0) is 6.42 Å². The van der Waals surface area contributed by atoms with Gasteiger partial charge in [0.25, 0.3) is 5.91 Å². The minimum absolute atomic E-state index is 0.175. The number of carbonyl (C=O) groups is 1. The van der Waals surface area contributed by atoms with E-state index in [1.165, 1.54) is 0 Å². The number of imidazole rings is 1. The van der Waals surface area contributed by atoms with Gasteiger partial charge in [-0.25, -0.2) is 4.98 Å². The van der Waals surface area contributed by atoms with E-state index >= 15 is 0 Å². The van der Waals surface area contributed by atoms with Crippen LogP contribution in [0.1, 0.15) is 28.7 Å². The fraction of sp³-hybridized carbons (Fsp3) is 0.222. The van der Waals surface area contributed by atoms with Gasteiger partial charge in [0.15, 0.2) is 0 Å². The molecule has 118 valence electrons. The zero-order valence-electron chi connectivity index (χ0n) is 13.5. The number of aryl methyl sites for hydroxylation is 2. The third kappa shape index (κ3) is 2.90. The molecule has 0 bridgehead atoms. The standard InChI is InChI=1S/C18H19N3O2/c1-4-15-17(21-9-8-12(2)10-16(21)20-15)18(22)19-13-6-5-7-14(11-13)23-3/h5-11H,4H2,1-3H3,(H,19,22). The van der Waals surface area contributed by atoms with E-state index in [0.717, 1.165) is 16.9 Å². The minimum Gasteiger partial charge on any atom is -0.497 e. The van der Waals surface area contributed by atoms with E-state index in [0.29, 0.717) is 23.6 Å². The van der Waals surface area contributed by atoms with Gasteiger partial charge in [0.1, 0.15) is 17.1 Å². The summed E-state index contributed by atoms with van der Waals surface area (Å²) in [5.41, 5.74) is 3.96. The van der Waals surface area contributed by atoms with Crippen molar-refractivity contribution in [3.05, 3.63) is 59.5 Å². The second-order valence-corrected chi connectivity index (χ2v) is 5.38. The summed E-state index contributed by atoms with van der Waals surface area (Å²) >= 11 is 0. The Balaban J connectivity index is 1.99. The first-order valence-electron chi connectivity index (χ1n) is 7.55. The zero-order chi connectivity index (χ0) is 16.4. The van der Waals surface area contributed by atoms with Crippen molar-refractivity contribution in [3.63, 3.8) is 0 Å². The number of pyridine rings is 1. The molecule has 0 spiro atoms. The maximum absolute atomic E-state index is 12.7. The molecule has 0 fully saturated rings. The van der Waals surface area contributed by atoms with Crippen LogP contribution >= 0.6 is 0 Å². The molecule has 5 heteroatoms. The number of ether oxygens (including phenoxy) is 1. The average Bonchev–Trinajstić information content (AvgIpc) is 2.92. The lowest BCUT2D eigenvalue weighted by molar-refractivity contribution is 0.102. The topological polar surface area (TPSA) is 55.6 Å². The van der Waals surface area contributed by atoms with Crippen molar-refractivity contribution >= 4 is 17.2 Å². The minimum atomic E-state index is -0.175. The summed E-state index contributed by atoms with van der Waals surface area (Å²) in [6.07, 6.45) is 2.58. The molecule has 0 saturated carbocycles. The first-order chi connectivity index (χ1) is 11.1. The van der Waals surface area contributed by atoms with Gasteiger partial charge in [-0.2, -0.15) is 0 Å². The molecule has 1 aromatic carbocycles.